The Balaban J connectivity index is 1.90. The largest absolute Gasteiger partial charge is 0.484 e. The summed E-state index contributed by atoms with van der Waals surface area (Å²) in [7, 11) is 0. The van der Waals surface area contributed by atoms with Crippen LogP contribution in [0.2, 0.25) is 0 Å². The van der Waals surface area contributed by atoms with E-state index in [1.807, 2.05) is 57.2 Å². The number of amides is 1. The van der Waals surface area contributed by atoms with Crippen molar-refractivity contribution in [1.29, 1.82) is 0 Å². The Morgan fingerprint density at radius 1 is 1.17 bits per heavy atom. The van der Waals surface area contributed by atoms with Crippen LogP contribution in [0.5, 0.6) is 5.75 Å². The molecule has 2 aromatic carbocycles. The molecular formula is C18H19BrN2O2. The lowest BCUT2D eigenvalue weighted by Crippen LogP contribution is -2.25. The highest BCUT2D eigenvalue weighted by molar-refractivity contribution is 9.10. The molecule has 1 N–H and O–H groups in total. The predicted molar refractivity (Wildman–Crippen MR) is 95.9 cm³/mol. The molecule has 0 aliphatic heterocycles. The van der Waals surface area contributed by atoms with Gasteiger partial charge < -0.3 is 4.74 Å². The Morgan fingerprint density at radius 2 is 1.87 bits per heavy atom. The molecule has 120 valence electrons. The van der Waals surface area contributed by atoms with Crippen LogP contribution in [0.15, 0.2) is 52.0 Å². The van der Waals surface area contributed by atoms with E-state index in [4.69, 9.17) is 4.74 Å². The van der Waals surface area contributed by atoms with Crippen LogP contribution in [0.4, 0.5) is 0 Å². The summed E-state index contributed by atoms with van der Waals surface area (Å²) in [6.07, 6.45) is 0. The van der Waals surface area contributed by atoms with Gasteiger partial charge in [0, 0.05) is 4.47 Å². The molecule has 2 rings (SSSR count). The maximum absolute atomic E-state index is 11.8. The highest BCUT2D eigenvalue weighted by atomic mass is 79.9. The fourth-order valence-electron chi connectivity index (χ4n) is 2.12. The Bertz CT molecular complexity index is 721. The summed E-state index contributed by atoms with van der Waals surface area (Å²) in [5.41, 5.74) is 6.38. The average molecular weight is 375 g/mol. The first-order valence-corrected chi connectivity index (χ1v) is 8.03. The van der Waals surface area contributed by atoms with Gasteiger partial charge in [-0.3, -0.25) is 4.79 Å². The van der Waals surface area contributed by atoms with Crippen LogP contribution < -0.4 is 10.2 Å². The second kappa shape index (κ2) is 7.92. The number of hydrogen-bond donors (Lipinski definition) is 1. The minimum absolute atomic E-state index is 0.0713. The van der Waals surface area contributed by atoms with Crippen molar-refractivity contribution in [2.45, 2.75) is 20.8 Å². The maximum atomic E-state index is 11.8. The normalized spacial score (nSPS) is 11.2. The third kappa shape index (κ3) is 5.53. The summed E-state index contributed by atoms with van der Waals surface area (Å²) in [6, 6.07) is 13.6. The lowest BCUT2D eigenvalue weighted by molar-refractivity contribution is -0.123. The van der Waals surface area contributed by atoms with Crippen molar-refractivity contribution < 1.29 is 9.53 Å². The summed E-state index contributed by atoms with van der Waals surface area (Å²) >= 11 is 3.41. The molecule has 0 saturated carbocycles. The van der Waals surface area contributed by atoms with Crippen LogP contribution in [-0.2, 0) is 4.79 Å². The number of nitrogens with zero attached hydrogens (tertiary/aromatic N) is 1. The predicted octanol–water partition coefficient (Wildman–Crippen LogP) is 3.99. The van der Waals surface area contributed by atoms with Gasteiger partial charge in [-0.15, -0.1) is 0 Å². The molecule has 0 saturated heterocycles. The van der Waals surface area contributed by atoms with Crippen LogP contribution >= 0.6 is 15.9 Å². The minimum atomic E-state index is -0.293. The van der Waals surface area contributed by atoms with E-state index in [2.05, 4.69) is 32.5 Å². The lowest BCUT2D eigenvalue weighted by Gasteiger charge is -2.08. The molecule has 0 aliphatic carbocycles. The Kier molecular flexibility index (Phi) is 5.93. The number of aryl methyl sites for hydroxylation is 2. The fourth-order valence-corrected chi connectivity index (χ4v) is 2.52. The monoisotopic (exact) mass is 374 g/mol. The van der Waals surface area contributed by atoms with Crippen molar-refractivity contribution in [2.75, 3.05) is 6.61 Å². The molecule has 5 heteroatoms. The number of benzene rings is 2. The second-order valence-corrected chi connectivity index (χ2v) is 6.27. The topological polar surface area (TPSA) is 50.7 Å². The van der Waals surface area contributed by atoms with Crippen LogP contribution in [0, 0.1) is 13.8 Å². The van der Waals surface area contributed by atoms with E-state index >= 15 is 0 Å². The van der Waals surface area contributed by atoms with E-state index in [9.17, 15) is 4.79 Å². The zero-order valence-corrected chi connectivity index (χ0v) is 15.0. The van der Waals surface area contributed by atoms with Crippen molar-refractivity contribution >= 4 is 27.5 Å². The average Bonchev–Trinajstić information content (AvgIpc) is 2.49. The molecule has 0 aliphatic rings. The van der Waals surface area contributed by atoms with Gasteiger partial charge in [0.25, 0.3) is 5.91 Å². The van der Waals surface area contributed by atoms with Crippen LogP contribution in [-0.4, -0.2) is 18.2 Å². The quantitative estimate of drug-likeness (QED) is 0.635. The number of hydrogen-bond acceptors (Lipinski definition) is 3. The minimum Gasteiger partial charge on any atom is -0.484 e. The van der Waals surface area contributed by atoms with Gasteiger partial charge in [-0.2, -0.15) is 5.10 Å². The zero-order valence-electron chi connectivity index (χ0n) is 13.4. The molecular weight excluding hydrogens is 356 g/mol. The smallest absolute Gasteiger partial charge is 0.277 e. The summed E-state index contributed by atoms with van der Waals surface area (Å²) in [4.78, 5) is 11.8. The molecule has 0 heterocycles. The standard InChI is InChI=1S/C18H19BrN2O2/c1-12-7-13(2)9-17(8-12)23-11-18(22)21-20-14(3)15-5-4-6-16(19)10-15/h4-10H,11H2,1-3H3,(H,21,22). The van der Waals surface area contributed by atoms with Crippen LogP contribution in [0.25, 0.3) is 0 Å². The number of halogens is 1. The van der Waals surface area contributed by atoms with E-state index in [0.717, 1.165) is 26.9 Å². The molecule has 2 aromatic rings. The number of rotatable bonds is 5. The molecule has 0 spiro atoms. The van der Waals surface area contributed by atoms with E-state index in [-0.39, 0.29) is 12.5 Å². The molecule has 23 heavy (non-hydrogen) atoms. The first kappa shape index (κ1) is 17.2. The molecule has 0 radical (unpaired) electrons. The van der Waals surface area contributed by atoms with Crippen molar-refractivity contribution in [3.63, 3.8) is 0 Å². The summed E-state index contributed by atoms with van der Waals surface area (Å²) in [5, 5.41) is 4.10. The van der Waals surface area contributed by atoms with Crippen molar-refractivity contribution in [2.24, 2.45) is 5.10 Å². The summed E-state index contributed by atoms with van der Waals surface area (Å²) in [5.74, 6) is 0.392. The van der Waals surface area contributed by atoms with Crippen molar-refractivity contribution in [1.82, 2.24) is 5.43 Å². The van der Waals surface area contributed by atoms with E-state index in [1.54, 1.807) is 0 Å². The highest BCUT2D eigenvalue weighted by Gasteiger charge is 2.04. The molecule has 1 amide bonds. The van der Waals surface area contributed by atoms with Gasteiger partial charge in [0.15, 0.2) is 6.61 Å². The van der Waals surface area contributed by atoms with Crippen LogP contribution in [0.1, 0.15) is 23.6 Å². The molecule has 0 unspecified atom stereocenters. The number of ether oxygens (including phenoxy) is 1. The van der Waals surface area contributed by atoms with Crippen molar-refractivity contribution in [3.05, 3.63) is 63.6 Å². The number of hydrazone groups is 1. The Hall–Kier alpha value is -2.14. The van der Waals surface area contributed by atoms with E-state index in [0.29, 0.717) is 5.75 Å². The third-order valence-corrected chi connectivity index (χ3v) is 3.65. The van der Waals surface area contributed by atoms with Gasteiger partial charge in [-0.1, -0.05) is 34.1 Å². The molecule has 0 atom stereocenters. The molecule has 4 nitrogen and oxygen atoms in total. The van der Waals surface area contributed by atoms with Gasteiger partial charge in [-0.25, -0.2) is 5.43 Å². The number of nitrogens with one attached hydrogen (secondary N) is 1. The number of carbonyl (C=O) groups is 1. The van der Waals surface area contributed by atoms with E-state index < -0.39 is 0 Å². The van der Waals surface area contributed by atoms with Gasteiger partial charge in [0.2, 0.25) is 0 Å². The Morgan fingerprint density at radius 3 is 2.52 bits per heavy atom. The van der Waals surface area contributed by atoms with Gasteiger partial charge >= 0.3 is 0 Å². The lowest BCUT2D eigenvalue weighted by atomic mass is 10.1. The molecule has 0 bridgehead atoms. The maximum Gasteiger partial charge on any atom is 0.277 e. The fraction of sp³-hybridized carbons (Fsp3) is 0.222. The van der Waals surface area contributed by atoms with E-state index in [1.165, 1.54) is 0 Å². The highest BCUT2D eigenvalue weighted by Crippen LogP contribution is 2.16. The first-order valence-electron chi connectivity index (χ1n) is 7.24. The van der Waals surface area contributed by atoms with Crippen molar-refractivity contribution in [3.8, 4) is 5.75 Å². The second-order valence-electron chi connectivity index (χ2n) is 5.35. The Labute approximate surface area is 144 Å². The van der Waals surface area contributed by atoms with Gasteiger partial charge in [0.1, 0.15) is 5.75 Å². The molecule has 0 aromatic heterocycles. The van der Waals surface area contributed by atoms with Gasteiger partial charge in [0.05, 0.1) is 5.71 Å². The molecule has 0 fully saturated rings. The first-order chi connectivity index (χ1) is 10.9. The number of carbonyl (C=O) groups excluding carboxylic acids is 1. The third-order valence-electron chi connectivity index (χ3n) is 3.16. The SMILES string of the molecule is CC(=NNC(=O)COc1cc(C)cc(C)c1)c1cccc(Br)c1. The van der Waals surface area contributed by atoms with Crippen LogP contribution in [0.3, 0.4) is 0 Å². The van der Waals surface area contributed by atoms with Gasteiger partial charge in [-0.05, 0) is 61.7 Å². The zero-order chi connectivity index (χ0) is 16.8. The summed E-state index contributed by atoms with van der Waals surface area (Å²) in [6.45, 7) is 5.75. The summed E-state index contributed by atoms with van der Waals surface area (Å²) < 4.78 is 6.46.